The van der Waals surface area contributed by atoms with Crippen LogP contribution in [0.15, 0.2) is 55.2 Å². The number of hydrogen-bond acceptors (Lipinski definition) is 9. The van der Waals surface area contributed by atoms with E-state index in [4.69, 9.17) is 37.2 Å². The van der Waals surface area contributed by atoms with Crippen molar-refractivity contribution in [2.24, 2.45) is 6.66 Å². The van der Waals surface area contributed by atoms with Crippen LogP contribution in [0, 0.1) is 7.43 Å². The van der Waals surface area contributed by atoms with Crippen LogP contribution in [0.2, 0.25) is 0 Å². The summed E-state index contributed by atoms with van der Waals surface area (Å²) in [5, 5.41) is 3.50. The minimum absolute atomic E-state index is 0. The predicted octanol–water partition coefficient (Wildman–Crippen LogP) is 6.07. The van der Waals surface area contributed by atoms with Crippen molar-refractivity contribution >= 4 is 74.2 Å². The van der Waals surface area contributed by atoms with Crippen molar-refractivity contribution in [3.05, 3.63) is 61.3 Å². The molecule has 0 unspecified atom stereocenters. The van der Waals surface area contributed by atoms with Gasteiger partial charge in [0.1, 0.15) is 0 Å². The van der Waals surface area contributed by atoms with Gasteiger partial charge in [-0.15, -0.1) is 0 Å². The van der Waals surface area contributed by atoms with E-state index < -0.39 is 31.1 Å². The third-order valence-electron chi connectivity index (χ3n) is 6.54. The number of nitrogens with zero attached hydrogens (tertiary/aromatic N) is 10. The van der Waals surface area contributed by atoms with E-state index in [1.165, 1.54) is 22.7 Å². The zero-order valence-corrected chi connectivity index (χ0v) is 33.0. The molecular weight excluding hydrogens is 700 g/mol. The minimum atomic E-state index is -2.19. The Morgan fingerprint density at radius 1 is 0.558 bits per heavy atom. The summed E-state index contributed by atoms with van der Waals surface area (Å²) in [5.41, 5.74) is 4.67. The van der Waals surface area contributed by atoms with Crippen LogP contribution in [0.3, 0.4) is 0 Å². The van der Waals surface area contributed by atoms with Gasteiger partial charge in [0.2, 0.25) is 0 Å². The maximum absolute atomic E-state index is 5.84. The van der Waals surface area contributed by atoms with E-state index in [0.717, 1.165) is 20.0 Å². The fraction of sp³-hybridized carbons (Fsp3) is 0.480. The Morgan fingerprint density at radius 2 is 0.767 bits per heavy atom. The van der Waals surface area contributed by atoms with Gasteiger partial charge >= 0.3 is 208 Å². The smallest absolute Gasteiger partial charge is 0.0523 e. The molecule has 0 amide bonds. The molecule has 0 radical (unpaired) electrons. The molecule has 3 aliphatic rings. The van der Waals surface area contributed by atoms with Gasteiger partial charge < -0.3 is 12.7 Å². The van der Waals surface area contributed by atoms with Crippen molar-refractivity contribution in [3.63, 3.8) is 0 Å². The molecule has 2 aromatic rings. The van der Waals surface area contributed by atoms with Gasteiger partial charge in [0.15, 0.2) is 0 Å². The SMILES string of the molecule is CN1B([N]=[Ti]([Cl])[Cl])N(C)c2ccccc21.CN1B([N]=[Ti]([Cl])[Cl])N(C)c2ccccc21.CN1CN(C)CN(C)C1.C[N-]C.[CH3-]. The second kappa shape index (κ2) is 20.1. The van der Waals surface area contributed by atoms with Gasteiger partial charge in [-0.25, -0.2) is 0 Å². The molecule has 0 atom stereocenters. The number of rotatable bonds is 2. The average Bonchev–Trinajstić information content (AvgIpc) is 3.29. The molecule has 0 saturated carbocycles. The molecule has 0 aliphatic carbocycles. The first-order valence-electron chi connectivity index (χ1n) is 13.2. The quantitative estimate of drug-likeness (QED) is 0.274. The van der Waals surface area contributed by atoms with Gasteiger partial charge in [-0.1, -0.05) is 0 Å². The Labute approximate surface area is 288 Å². The standard InChI is InChI=1S/2C8H10BN3.C6H15N3.C2H6N.CH3.4ClH.2Ti/c2*1-11-7-5-3-4-6-8(7)12(2)9(11)10;1-7-4-8(2)6-9(3)5-7;1-3-2;;;;;;;/h2*3-6H,1-2H3;4-6H2,1-3H3;1-2H3;1H3;4*1H;;/q;;;2*-1;;;;;2*+2/p-4. The molecule has 18 heteroatoms. The maximum atomic E-state index is 5.84. The summed E-state index contributed by atoms with van der Waals surface area (Å²) in [6.45, 7) is 3.26. The van der Waals surface area contributed by atoms with Crippen molar-refractivity contribution in [2.45, 2.75) is 0 Å². The maximum Gasteiger partial charge on any atom is 0.0523 e. The Balaban J connectivity index is 0.000000313. The zero-order chi connectivity index (χ0) is 31.6. The Hall–Kier alpha value is -0.202. The van der Waals surface area contributed by atoms with Crippen LogP contribution < -0.4 is 19.2 Å². The fourth-order valence-electron chi connectivity index (χ4n) is 5.03. The largest absolute Gasteiger partial charge is 0.668 e. The molecule has 1 fully saturated rings. The van der Waals surface area contributed by atoms with E-state index in [9.17, 15) is 0 Å². The fourth-order valence-corrected chi connectivity index (χ4v) is 8.10. The average molecular weight is 744 g/mol. The normalized spacial score (nSPS) is 16.0. The van der Waals surface area contributed by atoms with Crippen molar-refractivity contribution in [2.75, 3.05) is 103 Å². The Kier molecular flexibility index (Phi) is 19.1. The van der Waals surface area contributed by atoms with Crippen molar-refractivity contribution in [3.8, 4) is 0 Å². The second-order valence-corrected chi connectivity index (χ2v) is 20.1. The molecular formula is C25H44B2Cl4N10Ti2-2. The van der Waals surface area contributed by atoms with Crippen molar-refractivity contribution < 1.29 is 31.1 Å². The molecule has 0 spiro atoms. The van der Waals surface area contributed by atoms with Gasteiger partial charge in [0.05, 0.1) is 20.0 Å². The van der Waals surface area contributed by atoms with Crippen LogP contribution in [-0.4, -0.2) is 112 Å². The van der Waals surface area contributed by atoms with Crippen molar-refractivity contribution in [1.82, 2.24) is 14.7 Å². The van der Waals surface area contributed by atoms with E-state index in [1.807, 2.05) is 52.5 Å². The summed E-state index contributed by atoms with van der Waals surface area (Å²) in [6, 6.07) is 16.4. The first-order chi connectivity index (χ1) is 19.8. The Morgan fingerprint density at radius 3 is 0.953 bits per heavy atom. The van der Waals surface area contributed by atoms with Crippen LogP contribution in [0.25, 0.3) is 5.32 Å². The number of hydrogen-bond donors (Lipinski definition) is 0. The molecule has 1 saturated heterocycles. The van der Waals surface area contributed by atoms with Crippen LogP contribution in [0.5, 0.6) is 0 Å². The number of para-hydroxylation sites is 4. The third kappa shape index (κ3) is 12.2. The van der Waals surface area contributed by atoms with Crippen LogP contribution >= 0.6 is 37.2 Å². The molecule has 0 aromatic heterocycles. The number of benzene rings is 2. The van der Waals surface area contributed by atoms with Gasteiger partial charge in [-0.3, -0.25) is 14.7 Å². The molecule has 2 aromatic carbocycles. The van der Waals surface area contributed by atoms with E-state index in [0.29, 0.717) is 0 Å². The van der Waals surface area contributed by atoms with Crippen LogP contribution in [0.1, 0.15) is 0 Å². The number of halogens is 4. The van der Waals surface area contributed by atoms with Crippen LogP contribution in [0.4, 0.5) is 22.7 Å². The third-order valence-corrected chi connectivity index (χ3v) is 9.48. The molecule has 0 bridgehead atoms. The molecule has 10 nitrogen and oxygen atoms in total. The first-order valence-corrected chi connectivity index (χ1v) is 23.2. The van der Waals surface area contributed by atoms with E-state index in [1.54, 1.807) is 14.1 Å². The molecule has 0 N–H and O–H groups in total. The van der Waals surface area contributed by atoms with Gasteiger partial charge in [-0.2, -0.15) is 14.1 Å². The monoisotopic (exact) mass is 742 g/mol. The van der Waals surface area contributed by atoms with Gasteiger partial charge in [0.25, 0.3) is 0 Å². The zero-order valence-electron chi connectivity index (χ0n) is 26.9. The summed E-state index contributed by atoms with van der Waals surface area (Å²) in [4.78, 5) is 15.2. The molecule has 3 aliphatic heterocycles. The topological polar surface area (TPSA) is 61.5 Å². The summed E-state index contributed by atoms with van der Waals surface area (Å²) in [5.74, 6) is 0. The van der Waals surface area contributed by atoms with Gasteiger partial charge in [0, 0.05) is 0 Å². The van der Waals surface area contributed by atoms with E-state index in [2.05, 4.69) is 91.3 Å². The number of fused-ring (bicyclic) bond motifs is 2. The van der Waals surface area contributed by atoms with E-state index >= 15 is 0 Å². The minimum Gasteiger partial charge on any atom is -0.668 e. The second-order valence-electron chi connectivity index (χ2n) is 10.3. The molecule has 43 heavy (non-hydrogen) atoms. The Bertz CT molecular complexity index is 1040. The molecule has 5 rings (SSSR count). The molecule has 3 heterocycles. The number of anilines is 4. The van der Waals surface area contributed by atoms with Crippen molar-refractivity contribution in [1.29, 1.82) is 0 Å². The summed E-state index contributed by atoms with van der Waals surface area (Å²) in [7, 11) is 41.2. The van der Waals surface area contributed by atoms with Crippen LogP contribution in [-0.2, 0) is 31.1 Å². The first kappa shape index (κ1) is 40.8. The van der Waals surface area contributed by atoms with Gasteiger partial charge in [-0.05, 0) is 21.1 Å². The predicted molar refractivity (Wildman–Crippen MR) is 186 cm³/mol. The summed E-state index contributed by atoms with van der Waals surface area (Å²) >= 11 is -4.39. The summed E-state index contributed by atoms with van der Waals surface area (Å²) in [6.07, 6.45) is 0. The summed E-state index contributed by atoms with van der Waals surface area (Å²) < 4.78 is 8.81. The van der Waals surface area contributed by atoms with E-state index in [-0.39, 0.29) is 21.7 Å². The molecule has 238 valence electrons.